The second-order valence-corrected chi connectivity index (χ2v) is 4.75. The first-order valence-electron chi connectivity index (χ1n) is 5.78. The van der Waals surface area contributed by atoms with Crippen molar-refractivity contribution in [2.24, 2.45) is 11.7 Å². The maximum Gasteiger partial charge on any atom is 0.0247 e. The van der Waals surface area contributed by atoms with Crippen LogP contribution in [0.1, 0.15) is 39.0 Å². The van der Waals surface area contributed by atoms with Gasteiger partial charge in [0.2, 0.25) is 0 Å². The maximum atomic E-state index is 5.84. The van der Waals surface area contributed by atoms with E-state index in [4.69, 9.17) is 5.73 Å². The van der Waals surface area contributed by atoms with Crippen LogP contribution in [0.5, 0.6) is 0 Å². The van der Waals surface area contributed by atoms with E-state index in [1.165, 1.54) is 38.6 Å². The van der Waals surface area contributed by atoms with Gasteiger partial charge >= 0.3 is 0 Å². The van der Waals surface area contributed by atoms with Crippen LogP contribution >= 0.6 is 0 Å². The van der Waals surface area contributed by atoms with Crippen molar-refractivity contribution in [3.05, 3.63) is 0 Å². The van der Waals surface area contributed by atoms with Gasteiger partial charge in [-0.15, -0.1) is 0 Å². The molecule has 0 amide bonds. The van der Waals surface area contributed by atoms with Crippen molar-refractivity contribution >= 4 is 0 Å². The average Bonchev–Trinajstić information content (AvgIpc) is 2.71. The molecule has 0 radical (unpaired) electrons. The number of hydrogen-bond acceptors (Lipinski definition) is 2. The third-order valence-electron chi connectivity index (χ3n) is 3.96. The third kappa shape index (κ3) is 1.75. The van der Waals surface area contributed by atoms with Crippen LogP contribution in [0.15, 0.2) is 0 Å². The van der Waals surface area contributed by atoms with E-state index < -0.39 is 0 Å². The zero-order valence-electron chi connectivity index (χ0n) is 8.71. The lowest BCUT2D eigenvalue weighted by Crippen LogP contribution is -2.43. The smallest absolute Gasteiger partial charge is 0.0247 e. The maximum absolute atomic E-state index is 5.84. The van der Waals surface area contributed by atoms with Crippen molar-refractivity contribution in [2.45, 2.75) is 51.1 Å². The van der Waals surface area contributed by atoms with Crippen molar-refractivity contribution in [1.82, 2.24) is 4.90 Å². The minimum absolute atomic E-state index is 0.683. The number of hydrogen-bond donors (Lipinski definition) is 1. The van der Waals surface area contributed by atoms with Crippen molar-refractivity contribution in [3.8, 4) is 0 Å². The first kappa shape index (κ1) is 9.47. The summed E-state index contributed by atoms with van der Waals surface area (Å²) >= 11 is 0. The molecule has 0 aromatic rings. The SMILES string of the molecule is CC1CCN(C2CCCC2)C1CN. The molecular weight excluding hydrogens is 160 g/mol. The lowest BCUT2D eigenvalue weighted by Gasteiger charge is -2.31. The van der Waals surface area contributed by atoms with Gasteiger partial charge < -0.3 is 5.73 Å². The average molecular weight is 182 g/mol. The summed E-state index contributed by atoms with van der Waals surface area (Å²) < 4.78 is 0. The molecule has 2 nitrogen and oxygen atoms in total. The summed E-state index contributed by atoms with van der Waals surface area (Å²) in [5.74, 6) is 0.825. The van der Waals surface area contributed by atoms with Crippen molar-refractivity contribution in [2.75, 3.05) is 13.1 Å². The molecule has 0 spiro atoms. The summed E-state index contributed by atoms with van der Waals surface area (Å²) in [4.78, 5) is 2.69. The molecule has 0 aromatic heterocycles. The molecule has 0 bridgehead atoms. The molecule has 1 heterocycles. The first-order valence-corrected chi connectivity index (χ1v) is 5.78. The molecular formula is C11H22N2. The molecule has 2 unspecified atom stereocenters. The van der Waals surface area contributed by atoms with Gasteiger partial charge in [-0.3, -0.25) is 4.90 Å². The van der Waals surface area contributed by atoms with Gasteiger partial charge in [-0.2, -0.15) is 0 Å². The van der Waals surface area contributed by atoms with Crippen molar-refractivity contribution in [3.63, 3.8) is 0 Å². The Balaban J connectivity index is 1.97. The molecule has 13 heavy (non-hydrogen) atoms. The number of rotatable bonds is 2. The molecule has 1 saturated heterocycles. The van der Waals surface area contributed by atoms with Crippen molar-refractivity contribution < 1.29 is 0 Å². The van der Waals surface area contributed by atoms with Gasteiger partial charge in [0.05, 0.1) is 0 Å². The summed E-state index contributed by atoms with van der Waals surface area (Å²) in [5.41, 5.74) is 5.84. The summed E-state index contributed by atoms with van der Waals surface area (Å²) in [6, 6.07) is 1.56. The van der Waals surface area contributed by atoms with Crippen LogP contribution in [0, 0.1) is 5.92 Å². The zero-order chi connectivity index (χ0) is 9.26. The van der Waals surface area contributed by atoms with E-state index in [0.29, 0.717) is 6.04 Å². The number of nitrogens with zero attached hydrogens (tertiary/aromatic N) is 1. The van der Waals surface area contributed by atoms with Crippen LogP contribution in [-0.2, 0) is 0 Å². The van der Waals surface area contributed by atoms with Crippen LogP contribution in [0.3, 0.4) is 0 Å². The highest BCUT2D eigenvalue weighted by Crippen LogP contribution is 2.32. The second-order valence-electron chi connectivity index (χ2n) is 4.75. The fourth-order valence-corrected chi connectivity index (χ4v) is 3.09. The Kier molecular flexibility index (Phi) is 2.89. The summed E-state index contributed by atoms with van der Waals surface area (Å²) in [6.07, 6.45) is 7.07. The van der Waals surface area contributed by atoms with Crippen LogP contribution in [0.25, 0.3) is 0 Å². The second kappa shape index (κ2) is 3.97. The lowest BCUT2D eigenvalue weighted by atomic mass is 10.0. The highest BCUT2D eigenvalue weighted by Gasteiger charge is 2.35. The van der Waals surface area contributed by atoms with E-state index >= 15 is 0 Å². The summed E-state index contributed by atoms with van der Waals surface area (Å²) in [7, 11) is 0. The van der Waals surface area contributed by atoms with E-state index in [1.54, 1.807) is 0 Å². The third-order valence-corrected chi connectivity index (χ3v) is 3.96. The topological polar surface area (TPSA) is 29.3 Å². The van der Waals surface area contributed by atoms with Gasteiger partial charge in [0.1, 0.15) is 0 Å². The molecule has 2 fully saturated rings. The van der Waals surface area contributed by atoms with Crippen molar-refractivity contribution in [1.29, 1.82) is 0 Å². The highest BCUT2D eigenvalue weighted by atomic mass is 15.2. The summed E-state index contributed by atoms with van der Waals surface area (Å²) in [5, 5.41) is 0. The summed E-state index contributed by atoms with van der Waals surface area (Å²) in [6.45, 7) is 4.51. The molecule has 2 N–H and O–H groups in total. The van der Waals surface area contributed by atoms with Crippen LogP contribution < -0.4 is 5.73 Å². The Hall–Kier alpha value is -0.0800. The fourth-order valence-electron chi connectivity index (χ4n) is 3.09. The minimum atomic E-state index is 0.683. The Morgan fingerprint density at radius 2 is 1.92 bits per heavy atom. The molecule has 2 aliphatic rings. The van der Waals surface area contributed by atoms with Crippen LogP contribution in [-0.4, -0.2) is 30.1 Å². The molecule has 1 aliphatic carbocycles. The molecule has 76 valence electrons. The van der Waals surface area contributed by atoms with Gasteiger partial charge in [0.15, 0.2) is 0 Å². The van der Waals surface area contributed by atoms with E-state index in [0.717, 1.165) is 18.5 Å². The largest absolute Gasteiger partial charge is 0.329 e. The van der Waals surface area contributed by atoms with Crippen LogP contribution in [0.2, 0.25) is 0 Å². The van der Waals surface area contributed by atoms with E-state index in [2.05, 4.69) is 11.8 Å². The molecule has 1 saturated carbocycles. The predicted molar refractivity (Wildman–Crippen MR) is 55.6 cm³/mol. The molecule has 2 atom stereocenters. The standard InChI is InChI=1S/C11H22N2/c1-9-6-7-13(11(9)8-12)10-4-2-3-5-10/h9-11H,2-8,12H2,1H3. The molecule has 2 rings (SSSR count). The molecule has 0 aromatic carbocycles. The Bertz CT molecular complexity index is 163. The lowest BCUT2D eigenvalue weighted by molar-refractivity contribution is 0.170. The fraction of sp³-hybridized carbons (Fsp3) is 1.00. The minimum Gasteiger partial charge on any atom is -0.329 e. The molecule has 2 heteroatoms. The van der Waals surface area contributed by atoms with Crippen LogP contribution in [0.4, 0.5) is 0 Å². The van der Waals surface area contributed by atoms with Gasteiger partial charge in [-0.25, -0.2) is 0 Å². The predicted octanol–water partition coefficient (Wildman–Crippen LogP) is 1.60. The number of likely N-dealkylation sites (tertiary alicyclic amines) is 1. The van der Waals surface area contributed by atoms with E-state index in [9.17, 15) is 0 Å². The monoisotopic (exact) mass is 182 g/mol. The van der Waals surface area contributed by atoms with E-state index in [1.807, 2.05) is 0 Å². The van der Waals surface area contributed by atoms with Gasteiger partial charge in [-0.05, 0) is 31.7 Å². The Morgan fingerprint density at radius 1 is 1.23 bits per heavy atom. The van der Waals surface area contributed by atoms with Gasteiger partial charge in [0.25, 0.3) is 0 Å². The highest BCUT2D eigenvalue weighted by molar-refractivity contribution is 4.91. The zero-order valence-corrected chi connectivity index (χ0v) is 8.71. The molecule has 1 aliphatic heterocycles. The Labute approximate surface area is 81.5 Å². The Morgan fingerprint density at radius 3 is 2.54 bits per heavy atom. The quantitative estimate of drug-likeness (QED) is 0.703. The van der Waals surface area contributed by atoms with E-state index in [-0.39, 0.29) is 0 Å². The van der Waals surface area contributed by atoms with Gasteiger partial charge in [-0.1, -0.05) is 19.8 Å². The number of nitrogens with two attached hydrogens (primary N) is 1. The van der Waals surface area contributed by atoms with Gasteiger partial charge in [0, 0.05) is 18.6 Å². The first-order chi connectivity index (χ1) is 6.33. The normalized spacial score (nSPS) is 37.4.